The van der Waals surface area contributed by atoms with E-state index >= 15 is 0 Å². The molecule has 3 rings (SSSR count). The van der Waals surface area contributed by atoms with E-state index in [0.29, 0.717) is 28.3 Å². The Hall–Kier alpha value is -3.54. The third-order valence-corrected chi connectivity index (χ3v) is 4.18. The van der Waals surface area contributed by atoms with Gasteiger partial charge in [0.25, 0.3) is 5.91 Å². The Labute approximate surface area is 156 Å². The molecule has 2 aromatic carbocycles. The van der Waals surface area contributed by atoms with Crippen molar-refractivity contribution >= 4 is 17.6 Å². The van der Waals surface area contributed by atoms with Crippen LogP contribution in [0.15, 0.2) is 59.0 Å². The Morgan fingerprint density at radius 1 is 1.07 bits per heavy atom. The van der Waals surface area contributed by atoms with Crippen molar-refractivity contribution in [2.45, 2.75) is 13.3 Å². The highest BCUT2D eigenvalue weighted by atomic mass is 16.5. The van der Waals surface area contributed by atoms with Gasteiger partial charge >= 0.3 is 5.97 Å². The number of aromatic carboxylic acids is 1. The molecule has 0 spiro atoms. The largest absolute Gasteiger partial charge is 0.497 e. The molecule has 0 saturated carbocycles. The molecule has 1 aromatic heterocycles. The fourth-order valence-electron chi connectivity index (χ4n) is 2.65. The van der Waals surface area contributed by atoms with Crippen LogP contribution in [0.5, 0.6) is 5.75 Å². The minimum absolute atomic E-state index is 0.173. The number of ether oxygens (including phenoxy) is 1. The van der Waals surface area contributed by atoms with E-state index in [9.17, 15) is 9.59 Å². The molecule has 0 radical (unpaired) electrons. The van der Waals surface area contributed by atoms with Gasteiger partial charge < -0.3 is 19.6 Å². The van der Waals surface area contributed by atoms with Gasteiger partial charge in [-0.1, -0.05) is 19.1 Å². The van der Waals surface area contributed by atoms with Crippen molar-refractivity contribution < 1.29 is 23.8 Å². The molecular formula is C21H19NO5. The molecule has 3 aromatic rings. The van der Waals surface area contributed by atoms with E-state index in [-0.39, 0.29) is 11.7 Å². The van der Waals surface area contributed by atoms with Crippen LogP contribution in [0.3, 0.4) is 0 Å². The monoisotopic (exact) mass is 365 g/mol. The minimum atomic E-state index is -1.16. The predicted octanol–water partition coefficient (Wildman–Crippen LogP) is 4.47. The van der Waals surface area contributed by atoms with Crippen molar-refractivity contribution in [2.75, 3.05) is 12.4 Å². The van der Waals surface area contributed by atoms with Crippen LogP contribution in [-0.2, 0) is 6.42 Å². The number of nitrogens with one attached hydrogen (secondary N) is 1. The van der Waals surface area contributed by atoms with Crippen molar-refractivity contribution in [3.05, 3.63) is 71.5 Å². The van der Waals surface area contributed by atoms with Gasteiger partial charge in [0.2, 0.25) is 5.76 Å². The predicted molar refractivity (Wildman–Crippen MR) is 101 cm³/mol. The maximum Gasteiger partial charge on any atom is 0.371 e. The molecule has 2 N–H and O–H groups in total. The summed E-state index contributed by atoms with van der Waals surface area (Å²) in [6.45, 7) is 2.05. The molecule has 0 saturated heterocycles. The molecule has 0 aliphatic heterocycles. The van der Waals surface area contributed by atoms with Gasteiger partial charge in [0.15, 0.2) is 0 Å². The summed E-state index contributed by atoms with van der Waals surface area (Å²) in [7, 11) is 1.53. The summed E-state index contributed by atoms with van der Waals surface area (Å²) in [6, 6.07) is 15.4. The zero-order valence-corrected chi connectivity index (χ0v) is 15.0. The van der Waals surface area contributed by atoms with Crippen LogP contribution < -0.4 is 10.1 Å². The Morgan fingerprint density at radius 3 is 2.41 bits per heavy atom. The third kappa shape index (κ3) is 4.00. The molecule has 1 heterocycles. The number of carbonyl (C=O) groups is 2. The first-order chi connectivity index (χ1) is 13.0. The molecule has 6 nitrogen and oxygen atoms in total. The van der Waals surface area contributed by atoms with Crippen LogP contribution in [0.2, 0.25) is 0 Å². The van der Waals surface area contributed by atoms with Crippen LogP contribution in [-0.4, -0.2) is 24.1 Å². The highest BCUT2D eigenvalue weighted by molar-refractivity contribution is 6.06. The van der Waals surface area contributed by atoms with Crippen LogP contribution in [0, 0.1) is 0 Å². The molecular weight excluding hydrogens is 346 g/mol. The number of carbonyl (C=O) groups excluding carboxylic acids is 1. The number of aryl methyl sites for hydroxylation is 1. The fourth-order valence-corrected chi connectivity index (χ4v) is 2.65. The molecule has 0 fully saturated rings. The summed E-state index contributed by atoms with van der Waals surface area (Å²) in [5.74, 6) is -0.714. The van der Waals surface area contributed by atoms with E-state index in [2.05, 4.69) is 5.32 Å². The SMILES string of the molecule is CCc1ccc(C(=O)Nc2cc(OC)ccc2-c2ccc(C(=O)O)o2)cc1. The number of amides is 1. The minimum Gasteiger partial charge on any atom is -0.497 e. The third-order valence-electron chi connectivity index (χ3n) is 4.18. The first kappa shape index (κ1) is 18.3. The van der Waals surface area contributed by atoms with Crippen LogP contribution in [0.4, 0.5) is 5.69 Å². The maximum absolute atomic E-state index is 12.6. The van der Waals surface area contributed by atoms with Gasteiger partial charge in [-0.05, 0) is 48.4 Å². The first-order valence-electron chi connectivity index (χ1n) is 8.43. The highest BCUT2D eigenvalue weighted by Crippen LogP contribution is 2.33. The van der Waals surface area contributed by atoms with Crippen LogP contribution >= 0.6 is 0 Å². The van der Waals surface area contributed by atoms with Crippen LogP contribution in [0.25, 0.3) is 11.3 Å². The fraction of sp³-hybridized carbons (Fsp3) is 0.143. The molecule has 0 unspecified atom stereocenters. The average Bonchev–Trinajstić information content (AvgIpc) is 3.18. The Morgan fingerprint density at radius 2 is 1.81 bits per heavy atom. The van der Waals surface area contributed by atoms with Gasteiger partial charge in [-0.2, -0.15) is 0 Å². The number of carboxylic acid groups (broad SMARTS) is 1. The number of anilines is 1. The topological polar surface area (TPSA) is 88.8 Å². The summed E-state index contributed by atoms with van der Waals surface area (Å²) in [5.41, 5.74) is 2.68. The molecule has 0 aliphatic carbocycles. The van der Waals surface area contributed by atoms with E-state index in [0.717, 1.165) is 12.0 Å². The second-order valence-corrected chi connectivity index (χ2v) is 5.89. The molecule has 6 heteroatoms. The second-order valence-electron chi connectivity index (χ2n) is 5.89. The highest BCUT2D eigenvalue weighted by Gasteiger charge is 2.16. The summed E-state index contributed by atoms with van der Waals surface area (Å²) >= 11 is 0. The number of methoxy groups -OCH3 is 1. The van der Waals surface area contributed by atoms with E-state index in [1.54, 1.807) is 36.4 Å². The maximum atomic E-state index is 12.6. The normalized spacial score (nSPS) is 10.4. The summed E-state index contributed by atoms with van der Waals surface area (Å²) in [5, 5.41) is 11.9. The van der Waals surface area contributed by atoms with Gasteiger partial charge in [0.05, 0.1) is 12.8 Å². The number of furan rings is 1. The molecule has 0 atom stereocenters. The lowest BCUT2D eigenvalue weighted by molar-refractivity contribution is 0.0663. The second kappa shape index (κ2) is 7.78. The van der Waals surface area contributed by atoms with E-state index in [4.69, 9.17) is 14.3 Å². The van der Waals surface area contributed by atoms with Crippen molar-refractivity contribution in [1.29, 1.82) is 0 Å². The zero-order chi connectivity index (χ0) is 19.4. The zero-order valence-electron chi connectivity index (χ0n) is 15.0. The lowest BCUT2D eigenvalue weighted by atomic mass is 10.1. The smallest absolute Gasteiger partial charge is 0.371 e. The van der Waals surface area contributed by atoms with Gasteiger partial charge in [-0.15, -0.1) is 0 Å². The van der Waals surface area contributed by atoms with Gasteiger partial charge in [0, 0.05) is 17.2 Å². The Kier molecular flexibility index (Phi) is 5.26. The van der Waals surface area contributed by atoms with Gasteiger partial charge in [0.1, 0.15) is 11.5 Å². The summed E-state index contributed by atoms with van der Waals surface area (Å²) in [4.78, 5) is 23.7. The average molecular weight is 365 g/mol. The standard InChI is InChI=1S/C21H19NO5/c1-3-13-4-6-14(7-5-13)20(23)22-17-12-15(26-2)8-9-16(17)18-10-11-19(27-18)21(24)25/h4-12H,3H2,1-2H3,(H,22,23)(H,24,25). The molecule has 1 amide bonds. The summed E-state index contributed by atoms with van der Waals surface area (Å²) in [6.07, 6.45) is 0.895. The summed E-state index contributed by atoms with van der Waals surface area (Å²) < 4.78 is 10.6. The van der Waals surface area contributed by atoms with Crippen molar-refractivity contribution in [3.63, 3.8) is 0 Å². The van der Waals surface area contributed by atoms with Gasteiger partial charge in [-0.3, -0.25) is 4.79 Å². The van der Waals surface area contributed by atoms with Crippen LogP contribution in [0.1, 0.15) is 33.4 Å². The first-order valence-corrected chi connectivity index (χ1v) is 8.43. The lowest BCUT2D eigenvalue weighted by Crippen LogP contribution is -2.12. The van der Waals surface area contributed by atoms with Crippen molar-refractivity contribution in [1.82, 2.24) is 0 Å². The Bertz CT molecular complexity index is 972. The molecule has 138 valence electrons. The van der Waals surface area contributed by atoms with Crippen molar-refractivity contribution in [3.8, 4) is 17.1 Å². The van der Waals surface area contributed by atoms with E-state index in [1.807, 2.05) is 19.1 Å². The van der Waals surface area contributed by atoms with Crippen molar-refractivity contribution in [2.24, 2.45) is 0 Å². The molecule has 0 aliphatic rings. The quantitative estimate of drug-likeness (QED) is 0.673. The Balaban J connectivity index is 1.94. The van der Waals surface area contributed by atoms with E-state index in [1.165, 1.54) is 13.2 Å². The molecule has 0 bridgehead atoms. The number of carboxylic acids is 1. The molecule has 27 heavy (non-hydrogen) atoms. The number of hydrogen-bond acceptors (Lipinski definition) is 4. The number of rotatable bonds is 6. The number of benzene rings is 2. The number of hydrogen-bond donors (Lipinski definition) is 2. The van der Waals surface area contributed by atoms with E-state index < -0.39 is 5.97 Å². The lowest BCUT2D eigenvalue weighted by Gasteiger charge is -2.12. The van der Waals surface area contributed by atoms with Gasteiger partial charge in [-0.25, -0.2) is 4.79 Å².